The summed E-state index contributed by atoms with van der Waals surface area (Å²) in [4.78, 5) is 0. The Kier molecular flexibility index (Phi) is 5.18. The van der Waals surface area contributed by atoms with Crippen LogP contribution in [0.3, 0.4) is 0 Å². The number of nitrogens with one attached hydrogen (secondary N) is 2. The molecule has 0 spiro atoms. The van der Waals surface area contributed by atoms with Crippen LogP contribution >= 0.6 is 0 Å². The van der Waals surface area contributed by atoms with Crippen LogP contribution < -0.4 is 10.0 Å². The van der Waals surface area contributed by atoms with Gasteiger partial charge in [0.05, 0.1) is 6.26 Å². The van der Waals surface area contributed by atoms with Gasteiger partial charge in [0.25, 0.3) is 0 Å². The second kappa shape index (κ2) is 6.70. The summed E-state index contributed by atoms with van der Waals surface area (Å²) in [5, 5.41) is 3.59. The summed E-state index contributed by atoms with van der Waals surface area (Å²) in [7, 11) is -3.09. The third-order valence-electron chi connectivity index (χ3n) is 3.94. The molecular formula is C15H24N2O2S. The molecule has 4 nitrogen and oxygen atoms in total. The molecule has 0 bridgehead atoms. The highest BCUT2D eigenvalue weighted by atomic mass is 32.2. The highest BCUT2D eigenvalue weighted by Gasteiger charge is 2.33. The molecular weight excluding hydrogens is 272 g/mol. The molecule has 2 N–H and O–H groups in total. The van der Waals surface area contributed by atoms with E-state index in [1.54, 1.807) is 0 Å². The molecule has 2 rings (SSSR count). The van der Waals surface area contributed by atoms with Gasteiger partial charge in [-0.2, -0.15) is 0 Å². The summed E-state index contributed by atoms with van der Waals surface area (Å²) in [5.41, 5.74) is 1.48. The van der Waals surface area contributed by atoms with Crippen molar-refractivity contribution in [3.05, 3.63) is 35.9 Å². The lowest BCUT2D eigenvalue weighted by atomic mass is 9.89. The van der Waals surface area contributed by atoms with Crippen molar-refractivity contribution in [2.24, 2.45) is 0 Å². The molecule has 5 heteroatoms. The fourth-order valence-electron chi connectivity index (χ4n) is 3.02. The molecule has 0 aliphatic heterocycles. The lowest BCUT2D eigenvalue weighted by Crippen LogP contribution is -2.47. The predicted molar refractivity (Wildman–Crippen MR) is 82.2 cm³/mol. The summed E-state index contributed by atoms with van der Waals surface area (Å²) in [6.45, 7) is 1.13. The Hall–Kier alpha value is -0.910. The van der Waals surface area contributed by atoms with Crippen molar-refractivity contribution in [2.75, 3.05) is 19.3 Å². The molecule has 0 amide bonds. The van der Waals surface area contributed by atoms with E-state index in [1.807, 2.05) is 6.07 Å². The van der Waals surface area contributed by atoms with Crippen molar-refractivity contribution in [3.8, 4) is 0 Å². The first kappa shape index (κ1) is 15.5. The normalized spacial score (nSPS) is 18.2. The minimum atomic E-state index is -3.09. The van der Waals surface area contributed by atoms with Gasteiger partial charge in [-0.15, -0.1) is 0 Å². The van der Waals surface area contributed by atoms with E-state index >= 15 is 0 Å². The first-order valence-electron chi connectivity index (χ1n) is 7.23. The lowest BCUT2D eigenvalue weighted by Gasteiger charge is -2.31. The Morgan fingerprint density at radius 1 is 1.10 bits per heavy atom. The first-order chi connectivity index (χ1) is 9.49. The molecule has 1 aliphatic rings. The summed E-state index contributed by atoms with van der Waals surface area (Å²) in [6.07, 6.45) is 7.05. The SMILES string of the molecule is CS(=O)(=O)NCCNC1(Cc2ccccc2)CCCC1. The highest BCUT2D eigenvalue weighted by molar-refractivity contribution is 7.88. The van der Waals surface area contributed by atoms with Gasteiger partial charge in [-0.3, -0.25) is 0 Å². The standard InChI is InChI=1S/C15H24N2O2S/c1-20(18,19)17-12-11-16-15(9-5-6-10-15)13-14-7-3-2-4-8-14/h2-4,7-8,16-17H,5-6,9-13H2,1H3. The third-order valence-corrected chi connectivity index (χ3v) is 4.66. The van der Waals surface area contributed by atoms with Crippen LogP contribution in [0.25, 0.3) is 0 Å². The Morgan fingerprint density at radius 3 is 2.35 bits per heavy atom. The number of rotatable bonds is 7. The van der Waals surface area contributed by atoms with E-state index in [-0.39, 0.29) is 5.54 Å². The first-order valence-corrected chi connectivity index (χ1v) is 9.12. The van der Waals surface area contributed by atoms with Crippen LogP contribution in [0.4, 0.5) is 0 Å². The van der Waals surface area contributed by atoms with Crippen molar-refractivity contribution in [1.29, 1.82) is 0 Å². The van der Waals surface area contributed by atoms with Crippen LogP contribution in [-0.2, 0) is 16.4 Å². The topological polar surface area (TPSA) is 58.2 Å². The maximum absolute atomic E-state index is 11.1. The number of hydrogen-bond donors (Lipinski definition) is 2. The van der Waals surface area contributed by atoms with Gasteiger partial charge in [-0.25, -0.2) is 13.1 Å². The molecule has 1 aromatic carbocycles. The Morgan fingerprint density at radius 2 is 1.75 bits per heavy atom. The van der Waals surface area contributed by atoms with Gasteiger partial charge >= 0.3 is 0 Å². The fourth-order valence-corrected chi connectivity index (χ4v) is 3.49. The average molecular weight is 296 g/mol. The Balaban J connectivity index is 1.89. The van der Waals surface area contributed by atoms with Gasteiger partial charge in [-0.1, -0.05) is 43.2 Å². The highest BCUT2D eigenvalue weighted by Crippen LogP contribution is 2.32. The molecule has 0 saturated heterocycles. The number of benzene rings is 1. The summed E-state index contributed by atoms with van der Waals surface area (Å²) >= 11 is 0. The van der Waals surface area contributed by atoms with Crippen molar-refractivity contribution in [1.82, 2.24) is 10.0 Å². The van der Waals surface area contributed by atoms with E-state index in [0.717, 1.165) is 6.42 Å². The molecule has 0 radical (unpaired) electrons. The van der Waals surface area contributed by atoms with E-state index in [2.05, 4.69) is 34.3 Å². The maximum atomic E-state index is 11.1. The predicted octanol–water partition coefficient (Wildman–Crippen LogP) is 1.68. The van der Waals surface area contributed by atoms with Crippen LogP contribution in [0.2, 0.25) is 0 Å². The molecule has 1 fully saturated rings. The quantitative estimate of drug-likeness (QED) is 0.753. The van der Waals surface area contributed by atoms with Gasteiger partial charge in [0, 0.05) is 18.6 Å². The van der Waals surface area contributed by atoms with E-state index in [9.17, 15) is 8.42 Å². The second-order valence-electron chi connectivity index (χ2n) is 5.74. The number of sulfonamides is 1. The van der Waals surface area contributed by atoms with Crippen molar-refractivity contribution in [2.45, 2.75) is 37.6 Å². The monoisotopic (exact) mass is 296 g/mol. The Bertz CT molecular complexity index is 508. The number of hydrogen-bond acceptors (Lipinski definition) is 3. The van der Waals surface area contributed by atoms with Gasteiger partial charge < -0.3 is 5.32 Å². The summed E-state index contributed by atoms with van der Waals surface area (Å²) < 4.78 is 24.7. The van der Waals surface area contributed by atoms with Crippen LogP contribution in [0, 0.1) is 0 Å². The van der Waals surface area contributed by atoms with Gasteiger partial charge in [0.1, 0.15) is 0 Å². The zero-order chi connectivity index (χ0) is 14.5. The van der Waals surface area contributed by atoms with Crippen LogP contribution in [0.15, 0.2) is 30.3 Å². The van der Waals surface area contributed by atoms with Crippen molar-refractivity contribution >= 4 is 10.0 Å². The molecule has 0 aromatic heterocycles. The van der Waals surface area contributed by atoms with E-state index in [1.165, 1.54) is 37.5 Å². The van der Waals surface area contributed by atoms with E-state index in [4.69, 9.17) is 0 Å². The molecule has 0 heterocycles. The average Bonchev–Trinajstić information content (AvgIpc) is 2.84. The smallest absolute Gasteiger partial charge is 0.208 e. The van der Waals surface area contributed by atoms with E-state index < -0.39 is 10.0 Å². The minimum absolute atomic E-state index is 0.139. The molecule has 112 valence electrons. The zero-order valence-electron chi connectivity index (χ0n) is 12.1. The molecule has 0 atom stereocenters. The molecule has 1 aromatic rings. The van der Waals surface area contributed by atoms with Crippen LogP contribution in [0.1, 0.15) is 31.2 Å². The van der Waals surface area contributed by atoms with Crippen molar-refractivity contribution in [3.63, 3.8) is 0 Å². The molecule has 0 unspecified atom stereocenters. The molecule has 1 aliphatic carbocycles. The third kappa shape index (κ3) is 4.89. The van der Waals surface area contributed by atoms with Gasteiger partial charge in [0.2, 0.25) is 10.0 Å². The fraction of sp³-hybridized carbons (Fsp3) is 0.600. The van der Waals surface area contributed by atoms with Crippen LogP contribution in [-0.4, -0.2) is 33.3 Å². The molecule has 20 heavy (non-hydrogen) atoms. The van der Waals surface area contributed by atoms with E-state index in [0.29, 0.717) is 13.1 Å². The summed E-state index contributed by atoms with van der Waals surface area (Å²) in [5.74, 6) is 0. The van der Waals surface area contributed by atoms with Crippen LogP contribution in [0.5, 0.6) is 0 Å². The van der Waals surface area contributed by atoms with Gasteiger partial charge in [0.15, 0.2) is 0 Å². The second-order valence-corrected chi connectivity index (χ2v) is 7.58. The largest absolute Gasteiger partial charge is 0.310 e. The Labute approximate surface area is 122 Å². The zero-order valence-corrected chi connectivity index (χ0v) is 12.9. The molecule has 1 saturated carbocycles. The minimum Gasteiger partial charge on any atom is -0.310 e. The lowest BCUT2D eigenvalue weighted by molar-refractivity contribution is 0.331. The summed E-state index contributed by atoms with van der Waals surface area (Å²) in [6, 6.07) is 10.5. The van der Waals surface area contributed by atoms with Gasteiger partial charge in [-0.05, 0) is 24.8 Å². The van der Waals surface area contributed by atoms with Crippen molar-refractivity contribution < 1.29 is 8.42 Å². The maximum Gasteiger partial charge on any atom is 0.208 e.